The molecular formula is C12H15BrN2O. The topological polar surface area (TPSA) is 27.1 Å². The fourth-order valence-corrected chi connectivity index (χ4v) is 2.87. The lowest BCUT2D eigenvalue weighted by Crippen LogP contribution is -2.21. The molecule has 1 aromatic rings. The largest absolute Gasteiger partial charge is 0.356 e. The standard InChI is InChI=1S/C12H15BrN2O/c13-10-4-5-11-9(7-10)8-14-15(11)12-3-1-2-6-16-12/h4-5,8,10,12H,1-3,6-7H2. The maximum Gasteiger partial charge on any atom is 0.150 e. The first-order chi connectivity index (χ1) is 7.84. The number of aromatic nitrogens is 2. The van der Waals surface area contributed by atoms with Crippen LogP contribution in [0, 0.1) is 0 Å². The Morgan fingerprint density at radius 3 is 3.19 bits per heavy atom. The third-order valence-corrected chi connectivity index (χ3v) is 3.85. The molecule has 86 valence electrons. The lowest BCUT2D eigenvalue weighted by Gasteiger charge is -2.24. The number of halogens is 1. The van der Waals surface area contributed by atoms with Crippen molar-refractivity contribution in [3.05, 3.63) is 23.5 Å². The molecule has 16 heavy (non-hydrogen) atoms. The number of ether oxygens (including phenoxy) is 1. The van der Waals surface area contributed by atoms with Gasteiger partial charge in [-0.25, -0.2) is 4.68 Å². The first-order valence-corrected chi connectivity index (χ1v) is 6.76. The van der Waals surface area contributed by atoms with Crippen LogP contribution >= 0.6 is 15.9 Å². The summed E-state index contributed by atoms with van der Waals surface area (Å²) in [7, 11) is 0. The molecule has 0 aromatic carbocycles. The fourth-order valence-electron chi connectivity index (χ4n) is 2.37. The van der Waals surface area contributed by atoms with Crippen molar-refractivity contribution in [1.29, 1.82) is 0 Å². The van der Waals surface area contributed by atoms with Crippen molar-refractivity contribution in [2.45, 2.75) is 36.7 Å². The van der Waals surface area contributed by atoms with E-state index in [-0.39, 0.29) is 6.23 Å². The van der Waals surface area contributed by atoms with E-state index in [4.69, 9.17) is 4.74 Å². The number of alkyl halides is 1. The van der Waals surface area contributed by atoms with Crippen LogP contribution in [0.2, 0.25) is 0 Å². The van der Waals surface area contributed by atoms with Crippen LogP contribution < -0.4 is 0 Å². The third-order valence-electron chi connectivity index (χ3n) is 3.22. The van der Waals surface area contributed by atoms with Gasteiger partial charge in [0.15, 0.2) is 6.23 Å². The Balaban J connectivity index is 1.90. The summed E-state index contributed by atoms with van der Waals surface area (Å²) in [5.74, 6) is 0. The smallest absolute Gasteiger partial charge is 0.150 e. The van der Waals surface area contributed by atoms with Crippen LogP contribution in [-0.4, -0.2) is 21.2 Å². The van der Waals surface area contributed by atoms with Crippen LogP contribution in [0.15, 0.2) is 12.3 Å². The van der Waals surface area contributed by atoms with Gasteiger partial charge in [-0.3, -0.25) is 0 Å². The van der Waals surface area contributed by atoms with Gasteiger partial charge < -0.3 is 4.74 Å². The van der Waals surface area contributed by atoms with Gasteiger partial charge in [0.05, 0.1) is 11.9 Å². The van der Waals surface area contributed by atoms with Crippen molar-refractivity contribution >= 4 is 22.0 Å². The second kappa shape index (κ2) is 4.34. The summed E-state index contributed by atoms with van der Waals surface area (Å²) in [6.45, 7) is 0.865. The lowest BCUT2D eigenvalue weighted by molar-refractivity contribution is -0.0399. The average molecular weight is 283 g/mol. The van der Waals surface area contributed by atoms with Gasteiger partial charge in [0, 0.05) is 11.4 Å². The van der Waals surface area contributed by atoms with Gasteiger partial charge in [0.1, 0.15) is 0 Å². The minimum Gasteiger partial charge on any atom is -0.356 e. The molecule has 4 heteroatoms. The minimum atomic E-state index is 0.147. The molecule has 2 aliphatic rings. The van der Waals surface area contributed by atoms with E-state index in [1.54, 1.807) is 0 Å². The molecule has 1 aliphatic carbocycles. The Morgan fingerprint density at radius 1 is 1.44 bits per heavy atom. The van der Waals surface area contributed by atoms with Crippen molar-refractivity contribution in [3.8, 4) is 0 Å². The van der Waals surface area contributed by atoms with Gasteiger partial charge in [0.2, 0.25) is 0 Å². The highest BCUT2D eigenvalue weighted by atomic mass is 79.9. The number of hydrogen-bond acceptors (Lipinski definition) is 2. The van der Waals surface area contributed by atoms with Gasteiger partial charge in [-0.2, -0.15) is 5.10 Å². The molecule has 1 aliphatic heterocycles. The first kappa shape index (κ1) is 10.5. The number of allylic oxidation sites excluding steroid dienone is 1. The Morgan fingerprint density at radius 2 is 2.38 bits per heavy atom. The second-order valence-electron chi connectivity index (χ2n) is 4.40. The Hall–Kier alpha value is -0.610. The molecular weight excluding hydrogens is 268 g/mol. The molecule has 3 nitrogen and oxygen atoms in total. The first-order valence-electron chi connectivity index (χ1n) is 5.85. The Bertz CT molecular complexity index is 407. The van der Waals surface area contributed by atoms with Crippen LogP contribution in [0.25, 0.3) is 6.08 Å². The summed E-state index contributed by atoms with van der Waals surface area (Å²) < 4.78 is 7.82. The fraction of sp³-hybridized carbons (Fsp3) is 0.583. The maximum atomic E-state index is 5.77. The van der Waals surface area contributed by atoms with Gasteiger partial charge >= 0.3 is 0 Å². The number of hydrogen-bond donors (Lipinski definition) is 0. The maximum absolute atomic E-state index is 5.77. The van der Waals surface area contributed by atoms with Crippen LogP contribution in [0.5, 0.6) is 0 Å². The predicted octanol–water partition coefficient (Wildman–Crippen LogP) is 2.92. The number of nitrogens with zero attached hydrogens (tertiary/aromatic N) is 2. The average Bonchev–Trinajstić information content (AvgIpc) is 2.73. The molecule has 0 bridgehead atoms. The number of rotatable bonds is 1. The van der Waals surface area contributed by atoms with Crippen LogP contribution in [0.4, 0.5) is 0 Å². The monoisotopic (exact) mass is 282 g/mol. The van der Waals surface area contributed by atoms with Crippen molar-refractivity contribution in [3.63, 3.8) is 0 Å². The van der Waals surface area contributed by atoms with Crippen molar-refractivity contribution in [2.24, 2.45) is 0 Å². The van der Waals surface area contributed by atoms with E-state index < -0.39 is 0 Å². The van der Waals surface area contributed by atoms with Crippen LogP contribution in [0.3, 0.4) is 0 Å². The summed E-state index contributed by atoms with van der Waals surface area (Å²) in [6, 6.07) is 0. The molecule has 0 radical (unpaired) electrons. The molecule has 0 saturated carbocycles. The van der Waals surface area contributed by atoms with E-state index in [0.717, 1.165) is 19.4 Å². The highest BCUT2D eigenvalue weighted by molar-refractivity contribution is 9.09. The molecule has 0 amide bonds. The van der Waals surface area contributed by atoms with Gasteiger partial charge in [0.25, 0.3) is 0 Å². The molecule has 2 atom stereocenters. The van der Waals surface area contributed by atoms with Gasteiger partial charge in [-0.05, 0) is 37.3 Å². The molecule has 0 spiro atoms. The van der Waals surface area contributed by atoms with E-state index >= 15 is 0 Å². The summed E-state index contributed by atoms with van der Waals surface area (Å²) in [4.78, 5) is 0.449. The van der Waals surface area contributed by atoms with Crippen LogP contribution in [-0.2, 0) is 11.2 Å². The Labute approximate surface area is 104 Å². The zero-order valence-electron chi connectivity index (χ0n) is 9.10. The quantitative estimate of drug-likeness (QED) is 0.741. The third kappa shape index (κ3) is 1.84. The highest BCUT2D eigenvalue weighted by Crippen LogP contribution is 2.29. The predicted molar refractivity (Wildman–Crippen MR) is 66.5 cm³/mol. The van der Waals surface area contributed by atoms with E-state index in [0.29, 0.717) is 4.83 Å². The van der Waals surface area contributed by atoms with Crippen molar-refractivity contribution in [1.82, 2.24) is 9.78 Å². The van der Waals surface area contributed by atoms with E-state index in [2.05, 4.69) is 33.2 Å². The minimum absolute atomic E-state index is 0.147. The molecule has 3 rings (SSSR count). The van der Waals surface area contributed by atoms with E-state index in [9.17, 15) is 0 Å². The van der Waals surface area contributed by atoms with Gasteiger partial charge in [-0.15, -0.1) is 0 Å². The van der Waals surface area contributed by atoms with E-state index in [1.165, 1.54) is 24.1 Å². The zero-order valence-corrected chi connectivity index (χ0v) is 10.7. The normalized spacial score (nSPS) is 29.1. The van der Waals surface area contributed by atoms with Crippen molar-refractivity contribution in [2.75, 3.05) is 6.61 Å². The van der Waals surface area contributed by atoms with Crippen molar-refractivity contribution < 1.29 is 4.74 Å². The van der Waals surface area contributed by atoms with E-state index in [1.807, 2.05) is 10.9 Å². The molecule has 1 saturated heterocycles. The highest BCUT2D eigenvalue weighted by Gasteiger charge is 2.22. The molecule has 0 N–H and O–H groups in total. The summed E-state index contributed by atoms with van der Waals surface area (Å²) in [6.07, 6.45) is 11.0. The summed E-state index contributed by atoms with van der Waals surface area (Å²) >= 11 is 3.61. The number of fused-ring (bicyclic) bond motifs is 1. The molecule has 2 heterocycles. The molecule has 2 unspecified atom stereocenters. The van der Waals surface area contributed by atoms with Gasteiger partial charge in [-0.1, -0.05) is 22.0 Å². The zero-order chi connectivity index (χ0) is 11.0. The molecule has 1 aromatic heterocycles. The van der Waals surface area contributed by atoms with Crippen LogP contribution in [0.1, 0.15) is 36.7 Å². The Kier molecular flexibility index (Phi) is 2.86. The lowest BCUT2D eigenvalue weighted by atomic mass is 10.0. The summed E-state index contributed by atoms with van der Waals surface area (Å²) in [5.41, 5.74) is 2.54. The summed E-state index contributed by atoms with van der Waals surface area (Å²) in [5, 5.41) is 4.48. The SMILES string of the molecule is BrC1C=Cc2c(cnn2C2CCCCO2)C1. The molecule has 1 fully saturated rings. The second-order valence-corrected chi connectivity index (χ2v) is 5.58.